The zero-order valence-corrected chi connectivity index (χ0v) is 16.6. The molecule has 1 N–H and O–H groups in total. The van der Waals surface area contributed by atoms with E-state index in [1.165, 1.54) is 10.4 Å². The molecule has 0 spiro atoms. The van der Waals surface area contributed by atoms with Gasteiger partial charge in [0.15, 0.2) is 18.1 Å². The summed E-state index contributed by atoms with van der Waals surface area (Å²) in [5.74, 6) is 1.29. The van der Waals surface area contributed by atoms with Crippen LogP contribution in [0.25, 0.3) is 0 Å². The van der Waals surface area contributed by atoms with E-state index >= 15 is 0 Å². The number of nitrogens with one attached hydrogen (secondary N) is 1. The Morgan fingerprint density at radius 3 is 2.66 bits per heavy atom. The highest BCUT2D eigenvalue weighted by atomic mass is 32.2. The largest absolute Gasteiger partial charge is 0.484 e. The second-order valence-electron chi connectivity index (χ2n) is 6.84. The number of benzene rings is 2. The van der Waals surface area contributed by atoms with Crippen LogP contribution in [-0.2, 0) is 14.8 Å². The number of anilines is 1. The zero-order valence-electron chi connectivity index (χ0n) is 15.8. The number of hydrogen-bond acceptors (Lipinski definition) is 6. The van der Waals surface area contributed by atoms with Crippen LogP contribution in [0, 0.1) is 0 Å². The number of fused-ring (bicyclic) bond motifs is 1. The average Bonchev–Trinajstić information content (AvgIpc) is 3.21. The molecule has 0 bridgehead atoms. The molecule has 0 radical (unpaired) electrons. The van der Waals surface area contributed by atoms with Crippen molar-refractivity contribution in [2.75, 3.05) is 31.8 Å². The summed E-state index contributed by atoms with van der Waals surface area (Å²) in [5.41, 5.74) is 0.405. The monoisotopic (exact) mass is 418 g/mol. The van der Waals surface area contributed by atoms with Gasteiger partial charge in [0, 0.05) is 24.8 Å². The highest BCUT2D eigenvalue weighted by molar-refractivity contribution is 7.89. The molecule has 0 saturated carbocycles. The Balaban J connectivity index is 1.38. The van der Waals surface area contributed by atoms with Gasteiger partial charge in [-0.2, -0.15) is 4.31 Å². The van der Waals surface area contributed by atoms with E-state index < -0.39 is 15.9 Å². The van der Waals surface area contributed by atoms with Crippen molar-refractivity contribution in [2.45, 2.75) is 24.2 Å². The molecule has 2 aromatic carbocycles. The number of nitrogens with zero attached hydrogens (tertiary/aromatic N) is 1. The van der Waals surface area contributed by atoms with Gasteiger partial charge in [-0.15, -0.1) is 0 Å². The third-order valence-electron chi connectivity index (χ3n) is 4.78. The second kappa shape index (κ2) is 8.30. The van der Waals surface area contributed by atoms with E-state index in [4.69, 9.17) is 14.2 Å². The molecule has 2 aliphatic heterocycles. The lowest BCUT2D eigenvalue weighted by atomic mass is 10.2. The number of amides is 1. The molecule has 2 aliphatic rings. The smallest absolute Gasteiger partial charge is 0.262 e. The van der Waals surface area contributed by atoms with Crippen molar-refractivity contribution in [1.82, 2.24) is 4.31 Å². The number of carbonyl (C=O) groups is 1. The van der Waals surface area contributed by atoms with E-state index in [1.807, 2.05) is 0 Å². The maximum Gasteiger partial charge on any atom is 0.262 e. The van der Waals surface area contributed by atoms with Crippen LogP contribution in [0.5, 0.6) is 17.2 Å². The average molecular weight is 418 g/mol. The molecule has 2 aromatic rings. The lowest BCUT2D eigenvalue weighted by Gasteiger charge is -2.26. The first-order valence-corrected chi connectivity index (χ1v) is 10.9. The molecule has 0 aliphatic carbocycles. The topological polar surface area (TPSA) is 94.2 Å². The van der Waals surface area contributed by atoms with E-state index in [-0.39, 0.29) is 18.3 Å². The Bertz CT molecular complexity index is 1000. The molecular formula is C20H22N2O6S. The molecule has 1 fully saturated rings. The summed E-state index contributed by atoms with van der Waals surface area (Å²) in [7, 11) is -3.56. The fourth-order valence-corrected chi connectivity index (χ4v) is 4.86. The van der Waals surface area contributed by atoms with Crippen LogP contribution in [0.3, 0.4) is 0 Å². The maximum absolute atomic E-state index is 12.8. The summed E-state index contributed by atoms with van der Waals surface area (Å²) in [4.78, 5) is 12.4. The van der Waals surface area contributed by atoms with Crippen molar-refractivity contribution in [3.8, 4) is 17.2 Å². The number of rotatable bonds is 6. The fraction of sp³-hybridized carbons (Fsp3) is 0.350. The minimum Gasteiger partial charge on any atom is -0.484 e. The van der Waals surface area contributed by atoms with Gasteiger partial charge in [-0.3, -0.25) is 4.79 Å². The Hall–Kier alpha value is -2.78. The van der Waals surface area contributed by atoms with Crippen LogP contribution >= 0.6 is 0 Å². The lowest BCUT2D eigenvalue weighted by molar-refractivity contribution is -0.118. The van der Waals surface area contributed by atoms with Crippen LogP contribution in [0.4, 0.5) is 5.69 Å². The van der Waals surface area contributed by atoms with Crippen molar-refractivity contribution in [1.29, 1.82) is 0 Å². The molecule has 8 nitrogen and oxygen atoms in total. The number of carbonyl (C=O) groups excluding carboxylic acids is 1. The maximum atomic E-state index is 12.8. The van der Waals surface area contributed by atoms with Gasteiger partial charge in [-0.1, -0.05) is 12.5 Å². The van der Waals surface area contributed by atoms with Gasteiger partial charge >= 0.3 is 0 Å². The van der Waals surface area contributed by atoms with Crippen molar-refractivity contribution in [3.63, 3.8) is 0 Å². The first-order valence-electron chi connectivity index (χ1n) is 9.45. The van der Waals surface area contributed by atoms with E-state index in [0.717, 1.165) is 19.3 Å². The van der Waals surface area contributed by atoms with Gasteiger partial charge < -0.3 is 19.5 Å². The predicted molar refractivity (Wildman–Crippen MR) is 106 cm³/mol. The van der Waals surface area contributed by atoms with E-state index in [9.17, 15) is 13.2 Å². The Kier molecular flexibility index (Phi) is 5.59. The second-order valence-corrected chi connectivity index (χ2v) is 8.78. The Morgan fingerprint density at radius 2 is 1.83 bits per heavy atom. The number of hydrogen-bond donors (Lipinski definition) is 1. The standard InChI is InChI=1S/C20H22N2O6S/c23-20(13-26-16-7-8-18-19(12-16)28-14-27-18)21-15-5-4-6-17(11-15)29(24,25)22-9-2-1-3-10-22/h4-8,11-12H,1-3,9-10,13-14H2,(H,21,23). The zero-order chi connectivity index (χ0) is 20.3. The number of piperidine rings is 1. The first kappa shape index (κ1) is 19.5. The predicted octanol–water partition coefficient (Wildman–Crippen LogP) is 2.61. The minimum absolute atomic E-state index is 0.163. The van der Waals surface area contributed by atoms with Gasteiger partial charge in [0.05, 0.1) is 4.90 Å². The van der Waals surface area contributed by atoms with Gasteiger partial charge in [-0.05, 0) is 43.2 Å². The van der Waals surface area contributed by atoms with Crippen molar-refractivity contribution < 1.29 is 27.4 Å². The minimum atomic E-state index is -3.56. The third-order valence-corrected chi connectivity index (χ3v) is 6.68. The first-order chi connectivity index (χ1) is 14.0. The van der Waals surface area contributed by atoms with Crippen LogP contribution in [0.15, 0.2) is 47.4 Å². The fourth-order valence-electron chi connectivity index (χ4n) is 3.30. The van der Waals surface area contributed by atoms with Crippen molar-refractivity contribution >= 4 is 21.6 Å². The molecule has 9 heteroatoms. The van der Waals surface area contributed by atoms with Gasteiger partial charge in [-0.25, -0.2) is 8.42 Å². The summed E-state index contributed by atoms with van der Waals surface area (Å²) >= 11 is 0. The highest BCUT2D eigenvalue weighted by Crippen LogP contribution is 2.35. The molecule has 29 heavy (non-hydrogen) atoms. The van der Waals surface area contributed by atoms with Gasteiger partial charge in [0.2, 0.25) is 16.8 Å². The van der Waals surface area contributed by atoms with Crippen LogP contribution in [0.1, 0.15) is 19.3 Å². The van der Waals surface area contributed by atoms with Gasteiger partial charge in [0.25, 0.3) is 5.91 Å². The summed E-state index contributed by atoms with van der Waals surface area (Å²) in [6, 6.07) is 11.3. The summed E-state index contributed by atoms with van der Waals surface area (Å²) in [5, 5.41) is 2.68. The highest BCUT2D eigenvalue weighted by Gasteiger charge is 2.26. The van der Waals surface area contributed by atoms with Crippen LogP contribution < -0.4 is 19.5 Å². The number of ether oxygens (including phenoxy) is 3. The molecule has 0 atom stereocenters. The van der Waals surface area contributed by atoms with E-state index in [0.29, 0.717) is 36.0 Å². The summed E-state index contributed by atoms with van der Waals surface area (Å²) < 4.78 is 43.1. The van der Waals surface area contributed by atoms with Crippen LogP contribution in [-0.4, -0.2) is 45.1 Å². The van der Waals surface area contributed by atoms with Gasteiger partial charge in [0.1, 0.15) is 5.75 Å². The molecular weight excluding hydrogens is 396 g/mol. The molecule has 1 amide bonds. The SMILES string of the molecule is O=C(COc1ccc2c(c1)OCO2)Nc1cccc(S(=O)(=O)N2CCCCC2)c1. The molecule has 154 valence electrons. The Labute approximate surface area is 169 Å². The molecule has 4 rings (SSSR count). The third kappa shape index (κ3) is 4.46. The van der Waals surface area contributed by atoms with Crippen molar-refractivity contribution in [3.05, 3.63) is 42.5 Å². The summed E-state index contributed by atoms with van der Waals surface area (Å²) in [6.45, 7) is 1.00. The normalized spacial score (nSPS) is 16.4. The molecule has 1 saturated heterocycles. The summed E-state index contributed by atoms with van der Waals surface area (Å²) in [6.07, 6.45) is 2.78. The molecule has 0 aromatic heterocycles. The molecule has 2 heterocycles. The van der Waals surface area contributed by atoms with Crippen LogP contribution in [0.2, 0.25) is 0 Å². The quantitative estimate of drug-likeness (QED) is 0.775. The van der Waals surface area contributed by atoms with E-state index in [1.54, 1.807) is 36.4 Å². The Morgan fingerprint density at radius 1 is 1.03 bits per heavy atom. The lowest BCUT2D eigenvalue weighted by Crippen LogP contribution is -2.35. The number of sulfonamides is 1. The van der Waals surface area contributed by atoms with E-state index in [2.05, 4.69) is 5.32 Å². The molecule has 0 unspecified atom stereocenters. The van der Waals surface area contributed by atoms with Crippen molar-refractivity contribution in [2.24, 2.45) is 0 Å².